The molecule has 2 rings (SSSR count). The summed E-state index contributed by atoms with van der Waals surface area (Å²) in [5.41, 5.74) is 0.668. The van der Waals surface area contributed by atoms with Gasteiger partial charge < -0.3 is 0 Å². The third-order valence-corrected chi connectivity index (χ3v) is 2.50. The van der Waals surface area contributed by atoms with Gasteiger partial charge in [0.15, 0.2) is 5.78 Å². The zero-order chi connectivity index (χ0) is 9.26. The number of thiophene rings is 1. The maximum absolute atomic E-state index is 11.2. The van der Waals surface area contributed by atoms with E-state index in [9.17, 15) is 4.79 Å². The Morgan fingerprint density at radius 2 is 2.15 bits per heavy atom. The molecule has 0 aliphatic carbocycles. The summed E-state index contributed by atoms with van der Waals surface area (Å²) in [6.45, 7) is 1.54. The van der Waals surface area contributed by atoms with Gasteiger partial charge in [-0.2, -0.15) is 10.2 Å². The van der Waals surface area contributed by atoms with E-state index in [-0.39, 0.29) is 5.78 Å². The summed E-state index contributed by atoms with van der Waals surface area (Å²) in [5, 5.41) is 10.6. The average molecular weight is 193 g/mol. The lowest BCUT2D eigenvalue weighted by atomic mass is 10.2. The van der Waals surface area contributed by atoms with Crippen molar-refractivity contribution < 1.29 is 4.79 Å². The number of carbonyl (C=O) groups excluding carboxylic acids is 1. The van der Waals surface area contributed by atoms with Crippen molar-refractivity contribution in [2.75, 3.05) is 0 Å². The third-order valence-electron chi connectivity index (χ3n) is 1.62. The molecular weight excluding hydrogens is 186 g/mol. The Morgan fingerprint density at radius 3 is 2.77 bits per heavy atom. The SMILES string of the molecule is CC(=O)c1ccsc1-n1nccn1. The molecule has 66 valence electrons. The van der Waals surface area contributed by atoms with Crippen molar-refractivity contribution in [3.8, 4) is 5.00 Å². The first-order chi connectivity index (χ1) is 6.29. The Kier molecular flexibility index (Phi) is 1.94. The van der Waals surface area contributed by atoms with E-state index in [2.05, 4.69) is 10.2 Å². The summed E-state index contributed by atoms with van der Waals surface area (Å²) >= 11 is 1.45. The first-order valence-electron chi connectivity index (χ1n) is 3.74. The molecule has 0 bridgehead atoms. The third kappa shape index (κ3) is 1.38. The van der Waals surface area contributed by atoms with Crippen molar-refractivity contribution in [3.05, 3.63) is 29.4 Å². The average Bonchev–Trinajstić information content (AvgIpc) is 2.74. The Labute approximate surface area is 78.8 Å². The second-order valence-electron chi connectivity index (χ2n) is 2.51. The second kappa shape index (κ2) is 3.10. The molecule has 2 aromatic heterocycles. The van der Waals surface area contributed by atoms with Crippen molar-refractivity contribution in [1.82, 2.24) is 15.0 Å². The van der Waals surface area contributed by atoms with E-state index in [0.29, 0.717) is 5.56 Å². The number of Topliss-reactive ketones (excluding diaryl/α,β-unsaturated/α-hetero) is 1. The minimum atomic E-state index is 0.0357. The fraction of sp³-hybridized carbons (Fsp3) is 0.125. The highest BCUT2D eigenvalue weighted by molar-refractivity contribution is 7.12. The predicted octanol–water partition coefficient (Wildman–Crippen LogP) is 1.53. The number of carbonyl (C=O) groups is 1. The van der Waals surface area contributed by atoms with Gasteiger partial charge in [0.1, 0.15) is 5.00 Å². The summed E-state index contributed by atoms with van der Waals surface area (Å²) in [6.07, 6.45) is 3.17. The van der Waals surface area contributed by atoms with Gasteiger partial charge in [-0.05, 0) is 18.4 Å². The van der Waals surface area contributed by atoms with Crippen LogP contribution in [0.2, 0.25) is 0 Å². The maximum Gasteiger partial charge on any atom is 0.162 e. The van der Waals surface area contributed by atoms with Gasteiger partial charge in [0, 0.05) is 0 Å². The van der Waals surface area contributed by atoms with Gasteiger partial charge in [-0.3, -0.25) is 4.79 Å². The zero-order valence-electron chi connectivity index (χ0n) is 6.97. The molecular formula is C8H7N3OS. The quantitative estimate of drug-likeness (QED) is 0.679. The van der Waals surface area contributed by atoms with Gasteiger partial charge in [-0.1, -0.05) is 0 Å². The molecule has 0 unspecified atom stereocenters. The summed E-state index contributed by atoms with van der Waals surface area (Å²) < 4.78 is 0. The molecule has 4 nitrogen and oxygen atoms in total. The van der Waals surface area contributed by atoms with E-state index in [0.717, 1.165) is 5.00 Å². The molecule has 0 aromatic carbocycles. The number of hydrogen-bond acceptors (Lipinski definition) is 4. The standard InChI is InChI=1S/C8H7N3OS/c1-6(12)7-2-5-13-8(7)11-9-3-4-10-11/h2-5H,1H3. The molecule has 2 aromatic rings. The zero-order valence-corrected chi connectivity index (χ0v) is 7.78. The lowest BCUT2D eigenvalue weighted by Gasteiger charge is -1.96. The Bertz CT molecular complexity index is 418. The summed E-state index contributed by atoms with van der Waals surface area (Å²) in [5.74, 6) is 0.0357. The van der Waals surface area contributed by atoms with Gasteiger partial charge in [0.2, 0.25) is 0 Å². The molecule has 0 atom stereocenters. The van der Waals surface area contributed by atoms with E-state index < -0.39 is 0 Å². The Morgan fingerprint density at radius 1 is 1.46 bits per heavy atom. The summed E-state index contributed by atoms with van der Waals surface area (Å²) in [4.78, 5) is 12.6. The topological polar surface area (TPSA) is 47.8 Å². The fourth-order valence-electron chi connectivity index (χ4n) is 1.04. The molecule has 0 amide bonds. The molecule has 2 heterocycles. The van der Waals surface area contributed by atoms with Gasteiger partial charge in [-0.25, -0.2) is 0 Å². The largest absolute Gasteiger partial charge is 0.294 e. The molecule has 0 spiro atoms. The van der Waals surface area contributed by atoms with Crippen LogP contribution in [-0.4, -0.2) is 20.8 Å². The number of nitrogens with zero attached hydrogens (tertiary/aromatic N) is 3. The molecule has 0 N–H and O–H groups in total. The lowest BCUT2D eigenvalue weighted by molar-refractivity contribution is 0.101. The Balaban J connectivity index is 2.52. The van der Waals surface area contributed by atoms with Crippen LogP contribution in [0.3, 0.4) is 0 Å². The van der Waals surface area contributed by atoms with Gasteiger partial charge in [0.05, 0.1) is 18.0 Å². The van der Waals surface area contributed by atoms with E-state index in [1.165, 1.54) is 23.1 Å². The van der Waals surface area contributed by atoms with Gasteiger partial charge >= 0.3 is 0 Å². The lowest BCUT2D eigenvalue weighted by Crippen LogP contribution is -2.01. The minimum Gasteiger partial charge on any atom is -0.294 e. The maximum atomic E-state index is 11.2. The van der Waals surface area contributed by atoms with Crippen molar-refractivity contribution >= 4 is 17.1 Å². The number of aromatic nitrogens is 3. The number of ketones is 1. The van der Waals surface area contributed by atoms with Crippen LogP contribution < -0.4 is 0 Å². The highest BCUT2D eigenvalue weighted by Crippen LogP contribution is 2.20. The molecule has 0 saturated carbocycles. The van der Waals surface area contributed by atoms with Crippen LogP contribution in [0, 0.1) is 0 Å². The smallest absolute Gasteiger partial charge is 0.162 e. The molecule has 5 heteroatoms. The molecule has 0 saturated heterocycles. The first-order valence-corrected chi connectivity index (χ1v) is 4.62. The highest BCUT2D eigenvalue weighted by Gasteiger charge is 2.10. The van der Waals surface area contributed by atoms with E-state index in [4.69, 9.17) is 0 Å². The second-order valence-corrected chi connectivity index (χ2v) is 3.41. The van der Waals surface area contributed by atoms with Crippen LogP contribution in [-0.2, 0) is 0 Å². The van der Waals surface area contributed by atoms with Gasteiger partial charge in [0.25, 0.3) is 0 Å². The van der Waals surface area contributed by atoms with Crippen LogP contribution >= 0.6 is 11.3 Å². The normalized spacial score (nSPS) is 10.2. The number of rotatable bonds is 2. The molecule has 13 heavy (non-hydrogen) atoms. The van der Waals surface area contributed by atoms with Crippen molar-refractivity contribution in [2.24, 2.45) is 0 Å². The van der Waals surface area contributed by atoms with Crippen molar-refractivity contribution in [3.63, 3.8) is 0 Å². The molecule has 0 radical (unpaired) electrons. The Hall–Kier alpha value is -1.49. The van der Waals surface area contributed by atoms with Gasteiger partial charge in [-0.15, -0.1) is 16.1 Å². The van der Waals surface area contributed by atoms with Crippen LogP contribution in [0.1, 0.15) is 17.3 Å². The first kappa shape index (κ1) is 8.12. The van der Waals surface area contributed by atoms with Crippen LogP contribution in [0.15, 0.2) is 23.8 Å². The molecule has 0 aliphatic heterocycles. The van der Waals surface area contributed by atoms with E-state index >= 15 is 0 Å². The van der Waals surface area contributed by atoms with Crippen molar-refractivity contribution in [1.29, 1.82) is 0 Å². The van der Waals surface area contributed by atoms with Crippen molar-refractivity contribution in [2.45, 2.75) is 6.92 Å². The molecule has 0 aliphatic rings. The minimum absolute atomic E-state index is 0.0357. The summed E-state index contributed by atoms with van der Waals surface area (Å²) in [7, 11) is 0. The molecule has 0 fully saturated rings. The highest BCUT2D eigenvalue weighted by atomic mass is 32.1. The van der Waals surface area contributed by atoms with E-state index in [1.807, 2.05) is 5.38 Å². The van der Waals surface area contributed by atoms with Crippen LogP contribution in [0.5, 0.6) is 0 Å². The monoisotopic (exact) mass is 193 g/mol. The predicted molar refractivity (Wildman–Crippen MR) is 49.2 cm³/mol. The van der Waals surface area contributed by atoms with Crippen LogP contribution in [0.4, 0.5) is 0 Å². The fourth-order valence-corrected chi connectivity index (χ4v) is 1.91. The van der Waals surface area contributed by atoms with Crippen LogP contribution in [0.25, 0.3) is 5.00 Å². The number of hydrogen-bond donors (Lipinski definition) is 0. The van der Waals surface area contributed by atoms with E-state index in [1.54, 1.807) is 18.5 Å². The summed E-state index contributed by atoms with van der Waals surface area (Å²) in [6, 6.07) is 1.78.